The molecule has 0 saturated carbocycles. The van der Waals surface area contributed by atoms with Crippen LogP contribution in [0, 0.1) is 0 Å². The minimum atomic E-state index is -4.17. The fraction of sp³-hybridized carbons (Fsp3) is 0.318. The average molecular weight is 482 g/mol. The normalized spacial score (nSPS) is 12.1. The van der Waals surface area contributed by atoms with Gasteiger partial charge >= 0.3 is 10.3 Å². The van der Waals surface area contributed by atoms with Gasteiger partial charge in [-0.2, -0.15) is 8.42 Å². The number of benzene rings is 2. The van der Waals surface area contributed by atoms with Crippen molar-refractivity contribution in [2.45, 2.75) is 20.3 Å². The molecular formula is C22H28ClN3O3S2. The number of nitrogens with two attached hydrogens (primary N) is 1. The van der Waals surface area contributed by atoms with E-state index in [2.05, 4.69) is 60.3 Å². The minimum absolute atomic E-state index is 0.761. The molecule has 168 valence electrons. The van der Waals surface area contributed by atoms with E-state index in [0.29, 0.717) is 0 Å². The number of hydrogen-bond donors (Lipinski definition) is 2. The Balaban J connectivity index is 0.000000614. The summed E-state index contributed by atoms with van der Waals surface area (Å²) in [6.45, 7) is 8.54. The van der Waals surface area contributed by atoms with E-state index in [-0.39, 0.29) is 0 Å². The second kappa shape index (κ2) is 12.3. The lowest BCUT2D eigenvalue weighted by Gasteiger charge is -2.16. The van der Waals surface area contributed by atoms with Gasteiger partial charge in [-0.05, 0) is 55.9 Å². The van der Waals surface area contributed by atoms with Gasteiger partial charge in [-0.3, -0.25) is 9.55 Å². The summed E-state index contributed by atoms with van der Waals surface area (Å²) >= 11 is 8.03. The third kappa shape index (κ3) is 9.06. The standard InChI is InChI=1S/C22H25ClN2S.H3NO3S/c1-3-25(4-2)14-8-13-24-20-16-22(17-9-6-5-7-10-17)26-21-12-11-18(23)15-19(20)21;1-5(2,3)4/h5-7,9-12,15-16H,3-4,8,13-14H2,1-2H3;(H3,1,2,3,4). The molecule has 3 aromatic rings. The Morgan fingerprint density at radius 1 is 1.10 bits per heavy atom. The number of halogens is 1. The van der Waals surface area contributed by atoms with Crippen LogP contribution in [0.15, 0.2) is 59.6 Å². The van der Waals surface area contributed by atoms with Crippen molar-refractivity contribution >= 4 is 43.3 Å². The first-order valence-electron chi connectivity index (χ1n) is 9.98. The number of hydrogen-bond acceptors (Lipinski definition) is 5. The lowest BCUT2D eigenvalue weighted by Crippen LogP contribution is -2.24. The second-order valence-corrected chi connectivity index (χ2v) is 9.33. The van der Waals surface area contributed by atoms with Gasteiger partial charge in [-0.15, -0.1) is 11.3 Å². The van der Waals surface area contributed by atoms with Crippen molar-refractivity contribution in [2.75, 3.05) is 26.2 Å². The highest BCUT2D eigenvalue weighted by Gasteiger charge is 2.05. The SMILES string of the molecule is CCN(CC)CCCN=c1cc(-c2ccccc2)sc2ccc(Cl)cc12.NS(=O)(=O)O. The topological polar surface area (TPSA) is 96.0 Å². The molecule has 0 atom stereocenters. The van der Waals surface area contributed by atoms with Gasteiger partial charge in [0.25, 0.3) is 0 Å². The highest BCUT2D eigenvalue weighted by molar-refractivity contribution is 7.83. The third-order valence-corrected chi connectivity index (χ3v) is 5.96. The predicted octanol–water partition coefficient (Wildman–Crippen LogP) is 4.60. The van der Waals surface area contributed by atoms with Gasteiger partial charge in [-0.1, -0.05) is 55.8 Å². The van der Waals surface area contributed by atoms with Crippen LogP contribution >= 0.6 is 22.9 Å². The Labute approximate surface area is 192 Å². The van der Waals surface area contributed by atoms with Crippen LogP contribution in [0.25, 0.3) is 20.5 Å². The van der Waals surface area contributed by atoms with Gasteiger partial charge in [0.15, 0.2) is 0 Å². The van der Waals surface area contributed by atoms with E-state index >= 15 is 0 Å². The van der Waals surface area contributed by atoms with Crippen molar-refractivity contribution in [1.82, 2.24) is 4.90 Å². The maximum atomic E-state index is 8.97. The summed E-state index contributed by atoms with van der Waals surface area (Å²) in [7, 11) is -4.17. The van der Waals surface area contributed by atoms with E-state index < -0.39 is 10.3 Å². The lowest BCUT2D eigenvalue weighted by atomic mass is 10.1. The average Bonchev–Trinajstić information content (AvgIpc) is 2.73. The van der Waals surface area contributed by atoms with Crippen LogP contribution in [-0.2, 0) is 10.3 Å². The third-order valence-electron chi connectivity index (χ3n) is 4.57. The van der Waals surface area contributed by atoms with Crippen molar-refractivity contribution in [3.8, 4) is 10.4 Å². The largest absolute Gasteiger partial charge is 0.330 e. The van der Waals surface area contributed by atoms with E-state index in [1.54, 1.807) is 11.3 Å². The first-order chi connectivity index (χ1) is 14.7. The molecule has 0 aliphatic rings. The molecule has 2 aromatic carbocycles. The van der Waals surface area contributed by atoms with Crippen LogP contribution in [0.3, 0.4) is 0 Å². The molecule has 31 heavy (non-hydrogen) atoms. The number of nitrogens with zero attached hydrogens (tertiary/aromatic N) is 2. The van der Waals surface area contributed by atoms with Gasteiger partial charge in [-0.25, -0.2) is 5.14 Å². The molecule has 0 amide bonds. The Morgan fingerprint density at radius 2 is 1.74 bits per heavy atom. The van der Waals surface area contributed by atoms with Crippen LogP contribution in [-0.4, -0.2) is 44.0 Å². The molecule has 3 N–H and O–H groups in total. The van der Waals surface area contributed by atoms with Crippen LogP contribution in [0.5, 0.6) is 0 Å². The molecule has 9 heteroatoms. The van der Waals surface area contributed by atoms with Crippen LogP contribution < -0.4 is 10.5 Å². The molecule has 0 bridgehead atoms. The lowest BCUT2D eigenvalue weighted by molar-refractivity contribution is 0.301. The minimum Gasteiger partial charge on any atom is -0.304 e. The molecule has 3 rings (SSSR count). The second-order valence-electron chi connectivity index (χ2n) is 6.78. The van der Waals surface area contributed by atoms with E-state index in [0.717, 1.165) is 48.4 Å². The molecule has 0 aliphatic heterocycles. The number of rotatable bonds is 7. The smallest absolute Gasteiger partial charge is 0.304 e. The molecular weight excluding hydrogens is 454 g/mol. The molecule has 0 radical (unpaired) electrons. The van der Waals surface area contributed by atoms with Gasteiger partial charge in [0.05, 0.1) is 5.36 Å². The molecule has 1 aromatic heterocycles. The first kappa shape index (κ1) is 25.5. The van der Waals surface area contributed by atoms with Crippen molar-refractivity contribution < 1.29 is 13.0 Å². The maximum absolute atomic E-state index is 8.97. The zero-order valence-electron chi connectivity index (χ0n) is 17.7. The summed E-state index contributed by atoms with van der Waals surface area (Å²) < 4.78 is 26.4. The molecule has 0 unspecified atom stereocenters. The molecule has 0 aliphatic carbocycles. The van der Waals surface area contributed by atoms with Crippen molar-refractivity contribution in [2.24, 2.45) is 10.1 Å². The van der Waals surface area contributed by atoms with Crippen LogP contribution in [0.2, 0.25) is 5.02 Å². The summed E-state index contributed by atoms with van der Waals surface area (Å²) in [4.78, 5) is 8.60. The van der Waals surface area contributed by atoms with E-state index in [9.17, 15) is 0 Å². The molecule has 0 fully saturated rings. The summed E-state index contributed by atoms with van der Waals surface area (Å²) in [5.74, 6) is 0. The Morgan fingerprint density at radius 3 is 2.35 bits per heavy atom. The zero-order valence-corrected chi connectivity index (χ0v) is 20.1. The van der Waals surface area contributed by atoms with Gasteiger partial charge in [0.2, 0.25) is 0 Å². The molecule has 0 saturated heterocycles. The first-order valence-corrected chi connectivity index (χ1v) is 12.7. The van der Waals surface area contributed by atoms with Crippen molar-refractivity contribution in [3.05, 3.63) is 65.0 Å². The molecule has 1 heterocycles. The summed E-state index contributed by atoms with van der Waals surface area (Å²) in [6, 6.07) is 18.8. The van der Waals surface area contributed by atoms with Crippen LogP contribution in [0.1, 0.15) is 20.3 Å². The van der Waals surface area contributed by atoms with E-state index in [1.165, 1.54) is 15.1 Å². The van der Waals surface area contributed by atoms with Crippen molar-refractivity contribution in [3.63, 3.8) is 0 Å². The van der Waals surface area contributed by atoms with Crippen LogP contribution in [0.4, 0.5) is 0 Å². The highest BCUT2D eigenvalue weighted by Crippen LogP contribution is 2.29. The Kier molecular flexibility index (Phi) is 10.1. The van der Waals surface area contributed by atoms with Crippen molar-refractivity contribution in [1.29, 1.82) is 0 Å². The van der Waals surface area contributed by atoms with Gasteiger partial charge < -0.3 is 4.90 Å². The summed E-state index contributed by atoms with van der Waals surface area (Å²) in [6.07, 6.45) is 1.07. The van der Waals surface area contributed by atoms with E-state index in [4.69, 9.17) is 29.6 Å². The maximum Gasteiger partial charge on any atom is 0.330 e. The number of fused-ring (bicyclic) bond motifs is 1. The highest BCUT2D eigenvalue weighted by atomic mass is 35.5. The fourth-order valence-corrected chi connectivity index (χ4v) is 4.29. The Hall–Kier alpha value is -1.81. The summed E-state index contributed by atoms with van der Waals surface area (Å²) in [5.41, 5.74) is 1.23. The van der Waals surface area contributed by atoms with Gasteiger partial charge in [0, 0.05) is 26.5 Å². The fourth-order valence-electron chi connectivity index (χ4n) is 3.05. The zero-order chi connectivity index (χ0) is 22.9. The molecule has 6 nitrogen and oxygen atoms in total. The monoisotopic (exact) mass is 481 g/mol. The predicted molar refractivity (Wildman–Crippen MR) is 131 cm³/mol. The van der Waals surface area contributed by atoms with Gasteiger partial charge in [0.1, 0.15) is 0 Å². The Bertz CT molecular complexity index is 1140. The quantitative estimate of drug-likeness (QED) is 0.380. The summed E-state index contributed by atoms with van der Waals surface area (Å²) in [5, 5.41) is 6.83. The van der Waals surface area contributed by atoms with E-state index in [1.807, 2.05) is 18.2 Å². The molecule has 0 spiro atoms.